The predicted molar refractivity (Wildman–Crippen MR) is 171 cm³/mol. The fraction of sp³-hybridized carbons (Fsp3) is 0.400. The van der Waals surface area contributed by atoms with Crippen molar-refractivity contribution in [2.45, 2.75) is 80.7 Å². The highest BCUT2D eigenvalue weighted by Gasteiger charge is 2.16. The van der Waals surface area contributed by atoms with Crippen molar-refractivity contribution in [2.75, 3.05) is 7.11 Å². The number of ether oxygens (including phenoxy) is 2. The highest BCUT2D eigenvalue weighted by Crippen LogP contribution is 2.29. The smallest absolute Gasteiger partial charge is 0.296 e. The van der Waals surface area contributed by atoms with Crippen molar-refractivity contribution < 1.29 is 9.47 Å². The van der Waals surface area contributed by atoms with Crippen molar-refractivity contribution in [1.82, 2.24) is 9.55 Å². The van der Waals surface area contributed by atoms with Gasteiger partial charge in [-0.1, -0.05) is 95.7 Å². The molecule has 4 rings (SSSR count). The molecule has 0 spiro atoms. The Hall–Kier alpha value is -4.11. The van der Waals surface area contributed by atoms with E-state index in [4.69, 9.17) is 14.7 Å². The minimum Gasteiger partial charge on any atom is -0.497 e. The monoisotopic (exact) mass is 557 g/mol. The Morgan fingerprint density at radius 2 is 1.68 bits per heavy atom. The van der Waals surface area contributed by atoms with Gasteiger partial charge in [0.15, 0.2) is 0 Å². The summed E-state index contributed by atoms with van der Waals surface area (Å²) < 4.78 is 12.6. The minimum atomic E-state index is -0.148. The Morgan fingerprint density at radius 1 is 1.02 bits per heavy atom. The maximum atomic E-state index is 12.5. The number of allylic oxidation sites excluding steroid dienone is 4. The third kappa shape index (κ3) is 10.8. The van der Waals surface area contributed by atoms with Gasteiger partial charge in [-0.15, -0.1) is 0 Å². The summed E-state index contributed by atoms with van der Waals surface area (Å²) in [4.78, 5) is 17.0. The summed E-state index contributed by atoms with van der Waals surface area (Å²) >= 11 is 0. The van der Waals surface area contributed by atoms with Gasteiger partial charge < -0.3 is 9.47 Å². The van der Waals surface area contributed by atoms with E-state index >= 15 is 0 Å². The number of hydrogen-bond acceptors (Lipinski definition) is 5. The second-order valence-corrected chi connectivity index (χ2v) is 9.00. The van der Waals surface area contributed by atoms with Crippen LogP contribution in [0, 0.1) is 24.2 Å². The molecule has 3 aromatic rings. The minimum absolute atomic E-state index is 0.0300. The molecule has 1 atom stereocenters. The van der Waals surface area contributed by atoms with Crippen LogP contribution in [0.4, 0.5) is 0 Å². The van der Waals surface area contributed by atoms with Crippen molar-refractivity contribution >= 4 is 5.57 Å². The molecule has 1 heterocycles. The molecule has 6 nitrogen and oxygen atoms in total. The summed E-state index contributed by atoms with van der Waals surface area (Å²) in [6.45, 7) is 14.5. The summed E-state index contributed by atoms with van der Waals surface area (Å²) in [6, 6.07) is 19.7. The first kappa shape index (κ1) is 34.9. The largest absolute Gasteiger partial charge is 0.497 e. The lowest BCUT2D eigenvalue weighted by molar-refractivity contribution is 0.406. The Bertz CT molecular complexity index is 1340. The van der Waals surface area contributed by atoms with E-state index in [1.165, 1.54) is 6.42 Å². The Morgan fingerprint density at radius 3 is 2.27 bits per heavy atom. The van der Waals surface area contributed by atoms with Gasteiger partial charge in [0.25, 0.3) is 5.56 Å². The van der Waals surface area contributed by atoms with Crippen molar-refractivity contribution in [3.8, 4) is 23.3 Å². The fourth-order valence-corrected chi connectivity index (χ4v) is 4.06. The molecule has 0 bridgehead atoms. The summed E-state index contributed by atoms with van der Waals surface area (Å²) in [5.41, 5.74) is 2.83. The van der Waals surface area contributed by atoms with Gasteiger partial charge in [-0.2, -0.15) is 5.26 Å². The molecule has 0 radical (unpaired) electrons. The Balaban J connectivity index is 0.000000368. The molecule has 0 fully saturated rings. The average Bonchev–Trinajstić information content (AvgIpc) is 3.27. The van der Waals surface area contributed by atoms with E-state index in [9.17, 15) is 4.79 Å². The van der Waals surface area contributed by atoms with Gasteiger partial charge in [-0.3, -0.25) is 9.36 Å². The molecule has 1 unspecified atom stereocenters. The zero-order chi connectivity index (χ0) is 30.6. The van der Waals surface area contributed by atoms with E-state index in [0.29, 0.717) is 41.7 Å². The average molecular weight is 558 g/mol. The lowest BCUT2D eigenvalue weighted by Gasteiger charge is -2.14. The zero-order valence-corrected chi connectivity index (χ0v) is 26.1. The van der Waals surface area contributed by atoms with Crippen LogP contribution in [-0.2, 0) is 13.0 Å². The maximum absolute atomic E-state index is 12.5. The van der Waals surface area contributed by atoms with Gasteiger partial charge in [-0.05, 0) is 56.4 Å². The number of aromatic nitrogens is 2. The van der Waals surface area contributed by atoms with Crippen molar-refractivity contribution in [1.29, 1.82) is 5.26 Å². The topological polar surface area (TPSA) is 77.1 Å². The van der Waals surface area contributed by atoms with Crippen molar-refractivity contribution in [3.05, 3.63) is 100 Å². The van der Waals surface area contributed by atoms with Crippen LogP contribution in [0.25, 0.3) is 5.57 Å². The third-order valence-corrected chi connectivity index (χ3v) is 5.97. The van der Waals surface area contributed by atoms with Crippen LogP contribution in [0.2, 0.25) is 0 Å². The van der Waals surface area contributed by atoms with E-state index in [1.54, 1.807) is 23.8 Å². The second-order valence-electron chi connectivity index (χ2n) is 9.00. The van der Waals surface area contributed by atoms with E-state index in [-0.39, 0.29) is 11.5 Å². The van der Waals surface area contributed by atoms with Gasteiger partial charge in [-0.25, -0.2) is 4.98 Å². The summed E-state index contributed by atoms with van der Waals surface area (Å²) in [5.74, 6) is 2.27. The quantitative estimate of drug-likeness (QED) is 0.302. The zero-order valence-electron chi connectivity index (χ0n) is 26.1. The van der Waals surface area contributed by atoms with Crippen LogP contribution in [0.1, 0.15) is 77.9 Å². The number of benzene rings is 2. The fourth-order valence-electron chi connectivity index (χ4n) is 4.06. The lowest BCUT2D eigenvalue weighted by atomic mass is 9.91. The first-order valence-electron chi connectivity index (χ1n) is 14.7. The van der Waals surface area contributed by atoms with Crippen LogP contribution in [0.3, 0.4) is 0 Å². The molecule has 2 aromatic carbocycles. The molecule has 220 valence electrons. The van der Waals surface area contributed by atoms with Gasteiger partial charge >= 0.3 is 0 Å². The van der Waals surface area contributed by atoms with Gasteiger partial charge in [0.1, 0.15) is 17.3 Å². The standard InChI is InChI=1S/C16H20N2O3.C14H13N.C3H8.C2H6/c1-5-14-15(16(19)18(6-2)11(3)17-14)21-13-9-7-8-12(10-13)20-4;15-11-13-9-5-2-6-10-14(13)12-7-3-1-4-8-12;1-3-2;1-2/h7-10H,5-6H2,1-4H3;1-4,6-8,10,13H,5,9H2;3H2,1-2H3;1-2H3. The normalized spacial score (nSPS) is 13.3. The van der Waals surface area contributed by atoms with E-state index in [2.05, 4.69) is 55.3 Å². The highest BCUT2D eigenvalue weighted by molar-refractivity contribution is 5.71. The number of aryl methyl sites for hydroxylation is 2. The van der Waals surface area contributed by atoms with Gasteiger partial charge in [0.2, 0.25) is 5.75 Å². The number of nitriles is 1. The van der Waals surface area contributed by atoms with E-state index < -0.39 is 0 Å². The van der Waals surface area contributed by atoms with Crippen molar-refractivity contribution in [2.24, 2.45) is 5.92 Å². The number of methoxy groups -OCH3 is 1. The molecular weight excluding hydrogens is 510 g/mol. The Kier molecular flexibility index (Phi) is 16.9. The predicted octanol–water partition coefficient (Wildman–Crippen LogP) is 8.94. The molecule has 0 saturated carbocycles. The molecule has 0 amide bonds. The van der Waals surface area contributed by atoms with Gasteiger partial charge in [0, 0.05) is 12.6 Å². The molecule has 0 N–H and O–H groups in total. The second kappa shape index (κ2) is 19.9. The molecular formula is C35H47N3O3. The van der Waals surface area contributed by atoms with E-state index in [1.807, 2.05) is 65.0 Å². The first-order valence-corrected chi connectivity index (χ1v) is 14.7. The summed E-state index contributed by atoms with van der Waals surface area (Å²) in [6.07, 6.45) is 10.1. The lowest BCUT2D eigenvalue weighted by Crippen LogP contribution is -2.25. The molecule has 0 aliphatic heterocycles. The molecule has 0 saturated heterocycles. The molecule has 1 aliphatic carbocycles. The summed E-state index contributed by atoms with van der Waals surface area (Å²) in [5, 5.41) is 9.13. The Labute approximate surface area is 247 Å². The molecule has 1 aliphatic rings. The number of rotatable bonds is 6. The van der Waals surface area contributed by atoms with Crippen LogP contribution in [0.5, 0.6) is 17.2 Å². The highest BCUT2D eigenvalue weighted by atomic mass is 16.5. The van der Waals surface area contributed by atoms with Gasteiger partial charge in [0.05, 0.1) is 24.8 Å². The molecule has 1 aromatic heterocycles. The molecule has 41 heavy (non-hydrogen) atoms. The third-order valence-electron chi connectivity index (χ3n) is 5.97. The summed E-state index contributed by atoms with van der Waals surface area (Å²) in [7, 11) is 1.59. The first-order chi connectivity index (χ1) is 19.9. The molecule has 6 heteroatoms. The SMILES string of the molecule is CC.CCC.CCc1nc(C)n(CC)c(=O)c1Oc1cccc(OC)c1.N#CC1CCC=CC=C1c1ccccc1. The van der Waals surface area contributed by atoms with Crippen molar-refractivity contribution in [3.63, 3.8) is 0 Å². The van der Waals surface area contributed by atoms with Crippen LogP contribution in [0.15, 0.2) is 77.6 Å². The van der Waals surface area contributed by atoms with Crippen LogP contribution >= 0.6 is 0 Å². The number of hydrogen-bond donors (Lipinski definition) is 0. The van der Waals surface area contributed by atoms with E-state index in [0.717, 1.165) is 24.0 Å². The maximum Gasteiger partial charge on any atom is 0.296 e. The van der Waals surface area contributed by atoms with Crippen LogP contribution < -0.4 is 15.0 Å². The van der Waals surface area contributed by atoms with Crippen LogP contribution in [-0.4, -0.2) is 16.7 Å². The number of nitrogens with zero attached hydrogens (tertiary/aromatic N) is 3.